The Labute approximate surface area is 167 Å². The van der Waals surface area contributed by atoms with Crippen LogP contribution in [0.15, 0.2) is 24.3 Å². The van der Waals surface area contributed by atoms with Crippen molar-refractivity contribution in [1.29, 1.82) is 5.26 Å². The third kappa shape index (κ3) is 4.26. The highest BCUT2D eigenvalue weighted by molar-refractivity contribution is 5.56. The molecule has 1 aliphatic heterocycles. The number of rotatable bonds is 6. The van der Waals surface area contributed by atoms with E-state index in [0.29, 0.717) is 17.9 Å². The summed E-state index contributed by atoms with van der Waals surface area (Å²) in [5.41, 5.74) is 4.71. The Morgan fingerprint density at radius 3 is 2.43 bits per heavy atom. The second-order valence-electron chi connectivity index (χ2n) is 8.00. The summed E-state index contributed by atoms with van der Waals surface area (Å²) in [5.74, 6) is 1.53. The van der Waals surface area contributed by atoms with Gasteiger partial charge in [-0.3, -0.25) is 4.90 Å². The summed E-state index contributed by atoms with van der Waals surface area (Å²) in [6.07, 6.45) is 2.86. The fourth-order valence-electron chi connectivity index (χ4n) is 3.73. The van der Waals surface area contributed by atoms with Gasteiger partial charge in [0.2, 0.25) is 0 Å². The number of aryl methyl sites for hydroxylation is 1. The SMILES string of the molecule is Cc1nnc(NCc2ccc(N3CCN(CC4CC4)CC3)cc2)c(C#N)c1C. The minimum absolute atomic E-state index is 0.557. The highest BCUT2D eigenvalue weighted by atomic mass is 15.3. The zero-order valence-electron chi connectivity index (χ0n) is 16.8. The van der Waals surface area contributed by atoms with Crippen LogP contribution in [0.25, 0.3) is 0 Å². The van der Waals surface area contributed by atoms with Gasteiger partial charge in [0.05, 0.1) is 5.69 Å². The van der Waals surface area contributed by atoms with Crippen LogP contribution in [0.5, 0.6) is 0 Å². The second kappa shape index (κ2) is 8.15. The van der Waals surface area contributed by atoms with Gasteiger partial charge in [0.1, 0.15) is 11.6 Å². The van der Waals surface area contributed by atoms with Crippen molar-refractivity contribution in [3.05, 3.63) is 46.6 Å². The first-order chi connectivity index (χ1) is 13.6. The van der Waals surface area contributed by atoms with E-state index in [4.69, 9.17) is 0 Å². The van der Waals surface area contributed by atoms with E-state index in [1.807, 2.05) is 13.8 Å². The molecule has 1 aliphatic carbocycles. The molecule has 28 heavy (non-hydrogen) atoms. The van der Waals surface area contributed by atoms with Crippen molar-refractivity contribution in [3.63, 3.8) is 0 Å². The molecule has 2 aliphatic rings. The summed E-state index contributed by atoms with van der Waals surface area (Å²) < 4.78 is 0. The van der Waals surface area contributed by atoms with Crippen molar-refractivity contribution < 1.29 is 0 Å². The van der Waals surface area contributed by atoms with Gasteiger partial charge in [-0.1, -0.05) is 12.1 Å². The molecule has 0 amide bonds. The molecule has 1 aromatic carbocycles. The van der Waals surface area contributed by atoms with E-state index in [1.165, 1.54) is 43.7 Å². The lowest BCUT2D eigenvalue weighted by Crippen LogP contribution is -2.47. The molecule has 4 rings (SSSR count). The standard InChI is InChI=1S/C22H28N6/c1-16-17(2)25-26-22(21(16)13-23)24-14-18-5-7-20(8-6-18)28-11-9-27(10-12-28)15-19-3-4-19/h5-8,19H,3-4,9-12,14-15H2,1-2H3,(H,24,26). The average molecular weight is 377 g/mol. The van der Waals surface area contributed by atoms with Gasteiger partial charge in [0.25, 0.3) is 0 Å². The van der Waals surface area contributed by atoms with Crippen LogP contribution in [-0.2, 0) is 6.54 Å². The second-order valence-corrected chi connectivity index (χ2v) is 8.00. The number of nitrogens with zero attached hydrogens (tertiary/aromatic N) is 5. The van der Waals surface area contributed by atoms with Gasteiger partial charge in [-0.25, -0.2) is 0 Å². The maximum absolute atomic E-state index is 9.41. The lowest BCUT2D eigenvalue weighted by molar-refractivity contribution is 0.248. The quantitative estimate of drug-likeness (QED) is 0.835. The van der Waals surface area contributed by atoms with E-state index in [2.05, 4.69) is 55.6 Å². The first kappa shape index (κ1) is 18.7. The van der Waals surface area contributed by atoms with Gasteiger partial charge >= 0.3 is 0 Å². The molecule has 1 aromatic heterocycles. The number of nitrogens with one attached hydrogen (secondary N) is 1. The first-order valence-corrected chi connectivity index (χ1v) is 10.2. The zero-order valence-corrected chi connectivity index (χ0v) is 16.8. The van der Waals surface area contributed by atoms with Gasteiger partial charge in [-0.2, -0.15) is 10.4 Å². The molecular formula is C22H28N6. The van der Waals surface area contributed by atoms with Crippen LogP contribution < -0.4 is 10.2 Å². The number of aromatic nitrogens is 2. The summed E-state index contributed by atoms with van der Waals surface area (Å²) in [6, 6.07) is 10.9. The van der Waals surface area contributed by atoms with Crippen LogP contribution in [0.4, 0.5) is 11.5 Å². The van der Waals surface area contributed by atoms with E-state index in [0.717, 1.165) is 30.3 Å². The highest BCUT2D eigenvalue weighted by Crippen LogP contribution is 2.30. The molecule has 6 heteroatoms. The highest BCUT2D eigenvalue weighted by Gasteiger charge is 2.26. The largest absolute Gasteiger partial charge is 0.369 e. The number of hydrogen-bond acceptors (Lipinski definition) is 6. The maximum Gasteiger partial charge on any atom is 0.167 e. The molecule has 146 valence electrons. The number of hydrogen-bond donors (Lipinski definition) is 1. The van der Waals surface area contributed by atoms with Crippen molar-refractivity contribution in [1.82, 2.24) is 15.1 Å². The summed E-state index contributed by atoms with van der Waals surface area (Å²) in [4.78, 5) is 5.09. The van der Waals surface area contributed by atoms with Gasteiger partial charge in [0.15, 0.2) is 5.82 Å². The van der Waals surface area contributed by atoms with E-state index < -0.39 is 0 Å². The van der Waals surface area contributed by atoms with Crippen LogP contribution in [-0.4, -0.2) is 47.8 Å². The van der Waals surface area contributed by atoms with Crippen molar-refractivity contribution in [2.75, 3.05) is 42.9 Å². The first-order valence-electron chi connectivity index (χ1n) is 10.2. The molecule has 2 aromatic rings. The molecule has 1 saturated carbocycles. The van der Waals surface area contributed by atoms with Gasteiger partial charge in [-0.15, -0.1) is 5.10 Å². The Bertz CT molecular complexity index is 858. The van der Waals surface area contributed by atoms with Crippen LogP contribution in [0.2, 0.25) is 0 Å². The molecule has 1 saturated heterocycles. The van der Waals surface area contributed by atoms with Crippen LogP contribution in [0, 0.1) is 31.1 Å². The minimum Gasteiger partial charge on any atom is -0.369 e. The predicted octanol–water partition coefficient (Wildman–Crippen LogP) is 3.11. The fourth-order valence-corrected chi connectivity index (χ4v) is 3.73. The Balaban J connectivity index is 1.33. The van der Waals surface area contributed by atoms with Gasteiger partial charge in [-0.05, 0) is 55.9 Å². The normalized spacial score (nSPS) is 17.4. The van der Waals surface area contributed by atoms with Crippen LogP contribution in [0.3, 0.4) is 0 Å². The van der Waals surface area contributed by atoms with Crippen molar-refractivity contribution in [2.45, 2.75) is 33.2 Å². The summed E-state index contributed by atoms with van der Waals surface area (Å²) in [5, 5.41) is 20.9. The molecular weight excluding hydrogens is 348 g/mol. The molecule has 1 N–H and O–H groups in total. The van der Waals surface area contributed by atoms with E-state index >= 15 is 0 Å². The fraction of sp³-hybridized carbons (Fsp3) is 0.500. The Kier molecular flexibility index (Phi) is 5.45. The number of piperazine rings is 1. The molecule has 2 fully saturated rings. The number of benzene rings is 1. The zero-order chi connectivity index (χ0) is 19.5. The van der Waals surface area contributed by atoms with Gasteiger partial charge in [0, 0.05) is 45.0 Å². The molecule has 0 atom stereocenters. The monoisotopic (exact) mass is 376 g/mol. The maximum atomic E-state index is 9.41. The van der Waals surface area contributed by atoms with E-state index in [1.54, 1.807) is 0 Å². The summed E-state index contributed by atoms with van der Waals surface area (Å²) in [6.45, 7) is 10.3. The number of anilines is 2. The average Bonchev–Trinajstić information content (AvgIpc) is 3.54. The summed E-state index contributed by atoms with van der Waals surface area (Å²) >= 11 is 0. The van der Waals surface area contributed by atoms with Crippen molar-refractivity contribution in [2.24, 2.45) is 5.92 Å². The molecule has 0 radical (unpaired) electrons. The molecule has 0 bridgehead atoms. The van der Waals surface area contributed by atoms with E-state index in [-0.39, 0.29) is 0 Å². The van der Waals surface area contributed by atoms with Crippen molar-refractivity contribution >= 4 is 11.5 Å². The third-order valence-electron chi connectivity index (χ3n) is 5.91. The minimum atomic E-state index is 0.557. The number of nitriles is 1. The third-order valence-corrected chi connectivity index (χ3v) is 5.91. The smallest absolute Gasteiger partial charge is 0.167 e. The van der Waals surface area contributed by atoms with Crippen LogP contribution >= 0.6 is 0 Å². The Morgan fingerprint density at radius 2 is 1.79 bits per heavy atom. The lowest BCUT2D eigenvalue weighted by atomic mass is 10.1. The molecule has 6 nitrogen and oxygen atoms in total. The molecule has 2 heterocycles. The molecule has 0 spiro atoms. The molecule has 0 unspecified atom stereocenters. The predicted molar refractivity (Wildman–Crippen MR) is 111 cm³/mol. The lowest BCUT2D eigenvalue weighted by Gasteiger charge is -2.36. The Hall–Kier alpha value is -2.65. The van der Waals surface area contributed by atoms with Crippen molar-refractivity contribution in [3.8, 4) is 6.07 Å². The van der Waals surface area contributed by atoms with Crippen LogP contribution in [0.1, 0.15) is 35.2 Å². The summed E-state index contributed by atoms with van der Waals surface area (Å²) in [7, 11) is 0. The van der Waals surface area contributed by atoms with E-state index in [9.17, 15) is 5.26 Å². The topological polar surface area (TPSA) is 68.1 Å². The Morgan fingerprint density at radius 1 is 1.07 bits per heavy atom. The van der Waals surface area contributed by atoms with Gasteiger partial charge < -0.3 is 10.2 Å².